The van der Waals surface area contributed by atoms with Crippen LogP contribution >= 0.6 is 0 Å². The molecule has 0 radical (unpaired) electrons. The lowest BCUT2D eigenvalue weighted by Gasteiger charge is -2.25. The Kier molecular flexibility index (Phi) is 3.03. The van der Waals surface area contributed by atoms with Gasteiger partial charge in [0, 0.05) is 17.4 Å². The summed E-state index contributed by atoms with van der Waals surface area (Å²) in [5.41, 5.74) is 0.338. The average Bonchev–Trinajstić information content (AvgIpc) is 3.00. The van der Waals surface area contributed by atoms with Crippen molar-refractivity contribution < 1.29 is 23.9 Å². The van der Waals surface area contributed by atoms with Gasteiger partial charge in [-0.25, -0.2) is 0 Å². The number of amides is 1. The lowest BCUT2D eigenvalue weighted by Crippen LogP contribution is -2.39. The van der Waals surface area contributed by atoms with Crippen LogP contribution in [0, 0.1) is 17.8 Å². The van der Waals surface area contributed by atoms with E-state index in [4.69, 9.17) is 9.47 Å². The molecule has 3 rings (SSSR count). The molecule has 0 aromatic rings. The third kappa shape index (κ3) is 1.99. The number of fused-ring (bicyclic) bond motifs is 1. The lowest BCUT2D eigenvalue weighted by atomic mass is 9.88. The molecule has 20 heavy (non-hydrogen) atoms. The maximum Gasteiger partial charge on any atom is 0.325 e. The molecule has 2 aliphatic carbocycles. The number of rotatable bonds is 4. The second-order valence-corrected chi connectivity index (χ2v) is 5.82. The van der Waals surface area contributed by atoms with Gasteiger partial charge in [0.2, 0.25) is 5.91 Å². The molecule has 1 N–H and O–H groups in total. The van der Waals surface area contributed by atoms with Gasteiger partial charge >= 0.3 is 11.9 Å². The van der Waals surface area contributed by atoms with E-state index in [0.717, 1.165) is 12.8 Å². The van der Waals surface area contributed by atoms with Crippen molar-refractivity contribution in [3.8, 4) is 0 Å². The molecule has 108 valence electrons. The van der Waals surface area contributed by atoms with Gasteiger partial charge in [-0.2, -0.15) is 0 Å². The van der Waals surface area contributed by atoms with Crippen molar-refractivity contribution in [1.29, 1.82) is 0 Å². The van der Waals surface area contributed by atoms with Gasteiger partial charge in [-0.15, -0.1) is 0 Å². The normalized spacial score (nSPS) is 36.6. The second kappa shape index (κ2) is 4.61. The molecule has 1 saturated heterocycles. The zero-order chi connectivity index (χ0) is 14.4. The van der Waals surface area contributed by atoms with Crippen LogP contribution in [0.1, 0.15) is 19.8 Å². The molecule has 2 bridgehead atoms. The van der Waals surface area contributed by atoms with Crippen LogP contribution in [0.4, 0.5) is 0 Å². The van der Waals surface area contributed by atoms with Crippen LogP contribution < -0.4 is 5.32 Å². The van der Waals surface area contributed by atoms with Crippen molar-refractivity contribution in [2.75, 3.05) is 6.54 Å². The minimum Gasteiger partial charge on any atom is -0.458 e. The van der Waals surface area contributed by atoms with Gasteiger partial charge in [0.05, 0.1) is 5.92 Å². The highest BCUT2D eigenvalue weighted by atomic mass is 16.6. The van der Waals surface area contributed by atoms with E-state index in [1.54, 1.807) is 6.92 Å². The van der Waals surface area contributed by atoms with Crippen molar-refractivity contribution in [2.45, 2.75) is 32.0 Å². The highest BCUT2D eigenvalue weighted by Gasteiger charge is 2.63. The molecule has 0 aromatic heterocycles. The summed E-state index contributed by atoms with van der Waals surface area (Å²) in [6, 6.07) is 0. The average molecular weight is 279 g/mol. The monoisotopic (exact) mass is 279 g/mol. The van der Waals surface area contributed by atoms with E-state index in [1.807, 2.05) is 0 Å². The van der Waals surface area contributed by atoms with Gasteiger partial charge in [-0.05, 0) is 19.8 Å². The molecular formula is C14H17NO5. The molecule has 6 heteroatoms. The molecule has 1 heterocycles. The number of esters is 2. The van der Waals surface area contributed by atoms with Crippen LogP contribution in [0.25, 0.3) is 0 Å². The molecule has 5 atom stereocenters. The summed E-state index contributed by atoms with van der Waals surface area (Å²) in [6.07, 6.45) is 0.997. The molecule has 2 saturated carbocycles. The van der Waals surface area contributed by atoms with Gasteiger partial charge in [-0.1, -0.05) is 6.58 Å². The third-order valence-electron chi connectivity index (χ3n) is 4.46. The van der Waals surface area contributed by atoms with Crippen molar-refractivity contribution >= 4 is 17.8 Å². The Labute approximate surface area is 116 Å². The van der Waals surface area contributed by atoms with Crippen LogP contribution in [0.3, 0.4) is 0 Å². The smallest absolute Gasteiger partial charge is 0.325 e. The maximum absolute atomic E-state index is 11.8. The van der Waals surface area contributed by atoms with E-state index < -0.39 is 5.97 Å². The highest BCUT2D eigenvalue weighted by molar-refractivity contribution is 5.94. The summed E-state index contributed by atoms with van der Waals surface area (Å²) in [6.45, 7) is 4.86. The molecule has 3 fully saturated rings. The first kappa shape index (κ1) is 13.1. The predicted molar refractivity (Wildman–Crippen MR) is 67.3 cm³/mol. The van der Waals surface area contributed by atoms with Gasteiger partial charge in [-0.3, -0.25) is 14.4 Å². The van der Waals surface area contributed by atoms with E-state index in [0.29, 0.717) is 5.57 Å². The summed E-state index contributed by atoms with van der Waals surface area (Å²) in [5.74, 6) is -0.615. The standard InChI is InChI=1S/C14H17NO5/c1-6(2)13(17)15-5-10(16)19-11-7-3-8-9(4-7)14(18)20-12(8)11/h7-9,11-12H,1,3-5H2,2H3,(H,15,17). The van der Waals surface area contributed by atoms with Gasteiger partial charge in [0.25, 0.3) is 0 Å². The Morgan fingerprint density at radius 1 is 1.45 bits per heavy atom. The van der Waals surface area contributed by atoms with E-state index in [-0.39, 0.29) is 48.4 Å². The Morgan fingerprint density at radius 3 is 2.90 bits per heavy atom. The fourth-order valence-electron chi connectivity index (χ4n) is 3.56. The molecule has 0 spiro atoms. The molecule has 3 aliphatic rings. The molecular weight excluding hydrogens is 262 g/mol. The number of ether oxygens (including phenoxy) is 2. The minimum atomic E-state index is -0.503. The summed E-state index contributed by atoms with van der Waals surface area (Å²) < 4.78 is 10.7. The molecule has 6 nitrogen and oxygen atoms in total. The first-order chi connectivity index (χ1) is 9.47. The Hall–Kier alpha value is -1.85. The lowest BCUT2D eigenvalue weighted by molar-refractivity contribution is -0.161. The van der Waals surface area contributed by atoms with Gasteiger partial charge in [0.15, 0.2) is 0 Å². The Bertz CT molecular complexity index is 500. The number of nitrogens with one attached hydrogen (secondary N) is 1. The Morgan fingerprint density at radius 2 is 2.20 bits per heavy atom. The van der Waals surface area contributed by atoms with Crippen molar-refractivity contribution in [3.63, 3.8) is 0 Å². The van der Waals surface area contributed by atoms with Gasteiger partial charge < -0.3 is 14.8 Å². The quantitative estimate of drug-likeness (QED) is 0.586. The van der Waals surface area contributed by atoms with E-state index in [2.05, 4.69) is 11.9 Å². The van der Waals surface area contributed by atoms with E-state index in [1.165, 1.54) is 0 Å². The molecule has 1 amide bonds. The summed E-state index contributed by atoms with van der Waals surface area (Å²) >= 11 is 0. The topological polar surface area (TPSA) is 81.7 Å². The first-order valence-electron chi connectivity index (χ1n) is 6.81. The van der Waals surface area contributed by atoms with Crippen molar-refractivity contribution in [1.82, 2.24) is 5.32 Å². The maximum atomic E-state index is 11.8. The molecule has 0 aromatic carbocycles. The van der Waals surface area contributed by atoms with Gasteiger partial charge in [0.1, 0.15) is 18.8 Å². The molecule has 5 unspecified atom stereocenters. The van der Waals surface area contributed by atoms with E-state index in [9.17, 15) is 14.4 Å². The highest BCUT2D eigenvalue weighted by Crippen LogP contribution is 2.55. The summed E-state index contributed by atoms with van der Waals surface area (Å²) in [4.78, 5) is 34.6. The predicted octanol–water partition coefficient (Wildman–Crippen LogP) is 0.172. The number of carbonyl (C=O) groups is 3. The SMILES string of the molecule is C=C(C)C(=O)NCC(=O)OC1C2CC3C(=O)OC1C3C2. The second-order valence-electron chi connectivity index (χ2n) is 5.82. The fraction of sp³-hybridized carbons (Fsp3) is 0.643. The van der Waals surface area contributed by atoms with Crippen molar-refractivity contribution in [2.24, 2.45) is 17.8 Å². The zero-order valence-corrected chi connectivity index (χ0v) is 11.3. The Balaban J connectivity index is 1.54. The van der Waals surface area contributed by atoms with Crippen LogP contribution in [-0.4, -0.2) is 36.6 Å². The largest absolute Gasteiger partial charge is 0.458 e. The fourth-order valence-corrected chi connectivity index (χ4v) is 3.56. The number of hydrogen-bond acceptors (Lipinski definition) is 5. The van der Waals surface area contributed by atoms with Crippen LogP contribution in [0.5, 0.6) is 0 Å². The summed E-state index contributed by atoms with van der Waals surface area (Å²) in [5, 5.41) is 2.43. The summed E-state index contributed by atoms with van der Waals surface area (Å²) in [7, 11) is 0. The number of hydrogen-bond donors (Lipinski definition) is 1. The van der Waals surface area contributed by atoms with Crippen LogP contribution in [-0.2, 0) is 23.9 Å². The zero-order valence-electron chi connectivity index (χ0n) is 11.3. The van der Waals surface area contributed by atoms with Crippen LogP contribution in [0.2, 0.25) is 0 Å². The minimum absolute atomic E-state index is 0.00284. The third-order valence-corrected chi connectivity index (χ3v) is 4.46. The van der Waals surface area contributed by atoms with Crippen molar-refractivity contribution in [3.05, 3.63) is 12.2 Å². The molecule has 1 aliphatic heterocycles. The van der Waals surface area contributed by atoms with Crippen LogP contribution in [0.15, 0.2) is 12.2 Å². The first-order valence-corrected chi connectivity index (χ1v) is 6.81. The number of carbonyl (C=O) groups excluding carboxylic acids is 3. The van der Waals surface area contributed by atoms with E-state index >= 15 is 0 Å².